The highest BCUT2D eigenvalue weighted by Crippen LogP contribution is 2.58. The Morgan fingerprint density at radius 1 is 0.943 bits per heavy atom. The van der Waals surface area contributed by atoms with Crippen molar-refractivity contribution in [3.8, 4) is 0 Å². The zero-order valence-electron chi connectivity index (χ0n) is 20.7. The first kappa shape index (κ1) is 26.9. The van der Waals surface area contributed by atoms with Crippen LogP contribution < -0.4 is 10.5 Å². The summed E-state index contributed by atoms with van der Waals surface area (Å²) < 4.78 is 16.3. The van der Waals surface area contributed by atoms with E-state index in [2.05, 4.69) is 5.32 Å². The predicted octanol–water partition coefficient (Wildman–Crippen LogP) is 3.62. The van der Waals surface area contributed by atoms with Crippen LogP contribution in [-0.4, -0.2) is 52.3 Å². The van der Waals surface area contributed by atoms with Crippen molar-refractivity contribution in [1.82, 2.24) is 5.32 Å². The molecule has 0 aromatic heterocycles. The molecule has 1 N–H and O–H groups in total. The standard InChI is InChI=1S/C26H32ClNO6Si/c1-6-33-24(30)26(25(31)34-7-2)21(18-15-11-12-16-19(18)27)28-20(23(29)32-3)22(26)35(4,5)17-13-9-8-10-14-17/h8-16,20-22,28H,6-7H2,1-5H3/t20-,21-,22+/m0/s1. The number of hydrogen-bond donors (Lipinski definition) is 1. The molecule has 35 heavy (non-hydrogen) atoms. The van der Waals surface area contributed by atoms with E-state index in [-0.39, 0.29) is 13.2 Å². The molecule has 0 bridgehead atoms. The summed E-state index contributed by atoms with van der Waals surface area (Å²) in [6.45, 7) is 7.53. The fourth-order valence-electron chi connectivity index (χ4n) is 5.33. The van der Waals surface area contributed by atoms with Crippen molar-refractivity contribution in [2.45, 2.75) is 44.6 Å². The maximum atomic E-state index is 14.0. The van der Waals surface area contributed by atoms with E-state index in [1.165, 1.54) is 7.11 Å². The van der Waals surface area contributed by atoms with Crippen LogP contribution in [0.15, 0.2) is 54.6 Å². The maximum absolute atomic E-state index is 14.0. The number of benzene rings is 2. The van der Waals surface area contributed by atoms with Crippen molar-refractivity contribution in [2.75, 3.05) is 20.3 Å². The Balaban J connectivity index is 2.41. The lowest BCUT2D eigenvalue weighted by atomic mass is 9.75. The van der Waals surface area contributed by atoms with Gasteiger partial charge in [-0.05, 0) is 25.5 Å². The molecular formula is C26H32ClNO6Si. The topological polar surface area (TPSA) is 90.9 Å². The van der Waals surface area contributed by atoms with Crippen molar-refractivity contribution in [3.05, 3.63) is 65.2 Å². The summed E-state index contributed by atoms with van der Waals surface area (Å²) in [7, 11) is -1.52. The second-order valence-corrected chi connectivity index (χ2v) is 14.0. The van der Waals surface area contributed by atoms with Gasteiger partial charge in [-0.3, -0.25) is 19.7 Å². The van der Waals surface area contributed by atoms with Crippen LogP contribution in [-0.2, 0) is 28.6 Å². The Hall–Kier alpha value is -2.68. The fraction of sp³-hybridized carbons (Fsp3) is 0.423. The number of carbonyl (C=O) groups excluding carboxylic acids is 3. The van der Waals surface area contributed by atoms with Gasteiger partial charge in [-0.2, -0.15) is 0 Å². The molecule has 7 nitrogen and oxygen atoms in total. The van der Waals surface area contributed by atoms with E-state index < -0.39 is 49.0 Å². The maximum Gasteiger partial charge on any atom is 0.325 e. The SMILES string of the molecule is CCOC(=O)C1(C(=O)OCC)[C@H]([Si](C)(C)c2ccccc2)[C@@H](C(=O)OC)N[C@H]1c1ccccc1Cl. The average Bonchev–Trinajstić information content (AvgIpc) is 3.22. The molecule has 1 aliphatic heterocycles. The number of halogens is 1. The van der Waals surface area contributed by atoms with Crippen molar-refractivity contribution in [3.63, 3.8) is 0 Å². The first-order chi connectivity index (χ1) is 16.7. The summed E-state index contributed by atoms with van der Waals surface area (Å²) in [5, 5.41) is 4.59. The van der Waals surface area contributed by atoms with Crippen molar-refractivity contribution in [1.29, 1.82) is 0 Å². The molecule has 9 heteroatoms. The van der Waals surface area contributed by atoms with E-state index >= 15 is 0 Å². The summed E-state index contributed by atoms with van der Waals surface area (Å²) in [5.74, 6) is -2.06. The summed E-state index contributed by atoms with van der Waals surface area (Å²) in [4.78, 5) is 41.2. The second kappa shape index (κ2) is 10.9. The van der Waals surface area contributed by atoms with Gasteiger partial charge in [0.05, 0.1) is 34.4 Å². The Labute approximate surface area is 212 Å². The molecule has 188 valence electrons. The Morgan fingerprint density at radius 2 is 1.49 bits per heavy atom. The number of nitrogens with one attached hydrogen (secondary N) is 1. The molecule has 2 aromatic rings. The van der Waals surface area contributed by atoms with Gasteiger partial charge in [0.25, 0.3) is 0 Å². The number of methoxy groups -OCH3 is 1. The van der Waals surface area contributed by atoms with Crippen LogP contribution in [0.1, 0.15) is 25.5 Å². The third-order valence-corrected chi connectivity index (χ3v) is 11.3. The Bertz CT molecular complexity index is 1060. The highest BCUT2D eigenvalue weighted by atomic mass is 35.5. The number of rotatable bonds is 8. The van der Waals surface area contributed by atoms with Gasteiger partial charge in [0.15, 0.2) is 5.41 Å². The van der Waals surface area contributed by atoms with Crippen LogP contribution in [0.5, 0.6) is 0 Å². The van der Waals surface area contributed by atoms with Crippen molar-refractivity contribution >= 4 is 42.8 Å². The molecule has 0 aliphatic carbocycles. The molecule has 0 spiro atoms. The van der Waals surface area contributed by atoms with E-state index in [1.54, 1.807) is 38.1 Å². The lowest BCUT2D eigenvalue weighted by Crippen LogP contribution is -2.60. The van der Waals surface area contributed by atoms with Gasteiger partial charge in [0.2, 0.25) is 0 Å². The molecule has 0 radical (unpaired) electrons. The van der Waals surface area contributed by atoms with E-state index in [0.29, 0.717) is 10.6 Å². The Morgan fingerprint density at radius 3 is 2.00 bits per heavy atom. The second-order valence-electron chi connectivity index (χ2n) is 9.00. The highest BCUT2D eigenvalue weighted by Gasteiger charge is 2.72. The zero-order valence-corrected chi connectivity index (χ0v) is 22.4. The largest absolute Gasteiger partial charge is 0.468 e. The first-order valence-corrected chi connectivity index (χ1v) is 15.1. The smallest absolute Gasteiger partial charge is 0.325 e. The molecule has 1 heterocycles. The Kier molecular flexibility index (Phi) is 8.40. The summed E-state index contributed by atoms with van der Waals surface area (Å²) in [6.07, 6.45) is 0. The zero-order chi connectivity index (χ0) is 25.8. The predicted molar refractivity (Wildman–Crippen MR) is 136 cm³/mol. The van der Waals surface area contributed by atoms with Crippen molar-refractivity contribution in [2.24, 2.45) is 5.41 Å². The molecule has 0 saturated carbocycles. The minimum absolute atomic E-state index is 0.0537. The number of ether oxygens (including phenoxy) is 3. The highest BCUT2D eigenvalue weighted by molar-refractivity contribution is 6.92. The normalized spacial score (nSPS) is 21.3. The molecule has 1 aliphatic rings. The fourth-order valence-corrected chi connectivity index (χ4v) is 9.59. The lowest BCUT2D eigenvalue weighted by molar-refractivity contribution is -0.173. The summed E-state index contributed by atoms with van der Waals surface area (Å²) in [6, 6.07) is 14.6. The number of hydrogen-bond acceptors (Lipinski definition) is 7. The van der Waals surface area contributed by atoms with Crippen LogP contribution in [0.25, 0.3) is 0 Å². The van der Waals surface area contributed by atoms with Gasteiger partial charge >= 0.3 is 17.9 Å². The van der Waals surface area contributed by atoms with Crippen LogP contribution >= 0.6 is 11.6 Å². The summed E-state index contributed by atoms with van der Waals surface area (Å²) >= 11 is 6.59. The summed E-state index contributed by atoms with van der Waals surface area (Å²) in [5.41, 5.74) is -2.17. The molecule has 3 atom stereocenters. The van der Waals surface area contributed by atoms with Gasteiger partial charge in [-0.25, -0.2) is 0 Å². The molecule has 0 amide bonds. The molecule has 3 rings (SSSR count). The first-order valence-electron chi connectivity index (χ1n) is 11.7. The molecular weight excluding hydrogens is 486 g/mol. The van der Waals surface area contributed by atoms with Crippen LogP contribution in [0, 0.1) is 5.41 Å². The third kappa shape index (κ3) is 4.62. The van der Waals surface area contributed by atoms with Gasteiger partial charge in [-0.1, -0.05) is 78.4 Å². The minimum Gasteiger partial charge on any atom is -0.468 e. The van der Waals surface area contributed by atoms with Crippen LogP contribution in [0.4, 0.5) is 0 Å². The number of carbonyl (C=O) groups is 3. The van der Waals surface area contributed by atoms with E-state index in [0.717, 1.165) is 5.19 Å². The number of esters is 3. The van der Waals surface area contributed by atoms with Crippen LogP contribution in [0.3, 0.4) is 0 Å². The van der Waals surface area contributed by atoms with Crippen LogP contribution in [0.2, 0.25) is 23.7 Å². The molecule has 1 saturated heterocycles. The monoisotopic (exact) mass is 517 g/mol. The van der Waals surface area contributed by atoms with Gasteiger partial charge in [0.1, 0.15) is 6.04 Å². The van der Waals surface area contributed by atoms with Crippen molar-refractivity contribution < 1.29 is 28.6 Å². The lowest BCUT2D eigenvalue weighted by Gasteiger charge is -2.42. The average molecular weight is 518 g/mol. The quantitative estimate of drug-likeness (QED) is 0.247. The van der Waals surface area contributed by atoms with E-state index in [9.17, 15) is 14.4 Å². The third-order valence-electron chi connectivity index (χ3n) is 6.82. The molecule has 1 fully saturated rings. The minimum atomic E-state index is -2.81. The van der Waals surface area contributed by atoms with Gasteiger partial charge < -0.3 is 14.2 Å². The van der Waals surface area contributed by atoms with Gasteiger partial charge in [-0.15, -0.1) is 0 Å². The van der Waals surface area contributed by atoms with E-state index in [1.807, 2.05) is 43.4 Å². The molecule has 0 unspecified atom stereocenters. The van der Waals surface area contributed by atoms with Gasteiger partial charge in [0, 0.05) is 10.6 Å². The molecule has 2 aromatic carbocycles. The van der Waals surface area contributed by atoms with E-state index in [4.69, 9.17) is 25.8 Å².